The zero-order chi connectivity index (χ0) is 20.0. The number of fused-ring (bicyclic) bond motifs is 1. The molecule has 0 aliphatic carbocycles. The van der Waals surface area contributed by atoms with Crippen LogP contribution in [0.2, 0.25) is 0 Å². The maximum Gasteiger partial charge on any atom is 0.433 e. The fraction of sp³-hybridized carbons (Fsp3) is 0.611. The summed E-state index contributed by atoms with van der Waals surface area (Å²) in [5, 5.41) is 4.17. The van der Waals surface area contributed by atoms with Crippen LogP contribution in [0, 0.1) is 6.92 Å². The smallest absolute Gasteiger partial charge is 0.433 e. The lowest BCUT2D eigenvalue weighted by Crippen LogP contribution is -2.41. The standard InChI is InChI=1S/C18H23F3N4O2/c1-11-9-14(18(19,20)21)25-15(22-11)10-13(23-25)12-5-7-24(8-6-12)16(26)27-17(2,3)4/h9-10,12H,5-8H2,1-4H3. The highest BCUT2D eigenvalue weighted by Gasteiger charge is 2.35. The third-order valence-corrected chi connectivity index (χ3v) is 4.43. The minimum Gasteiger partial charge on any atom is -0.444 e. The molecule has 0 aromatic carbocycles. The molecule has 1 fully saturated rings. The molecule has 148 valence electrons. The molecule has 0 spiro atoms. The summed E-state index contributed by atoms with van der Waals surface area (Å²) in [6.07, 6.45) is -3.64. The Hall–Kier alpha value is -2.32. The van der Waals surface area contributed by atoms with Gasteiger partial charge >= 0.3 is 12.3 Å². The Kier molecular flexibility index (Phi) is 4.81. The van der Waals surface area contributed by atoms with Crippen LogP contribution < -0.4 is 0 Å². The zero-order valence-electron chi connectivity index (χ0n) is 15.8. The molecule has 3 heterocycles. The average molecular weight is 384 g/mol. The molecule has 1 aliphatic heterocycles. The first-order valence-electron chi connectivity index (χ1n) is 8.86. The quantitative estimate of drug-likeness (QED) is 0.740. The number of nitrogens with zero attached hydrogens (tertiary/aromatic N) is 4. The number of hydrogen-bond donors (Lipinski definition) is 0. The molecule has 1 amide bonds. The monoisotopic (exact) mass is 384 g/mol. The summed E-state index contributed by atoms with van der Waals surface area (Å²) in [6, 6.07) is 2.60. The van der Waals surface area contributed by atoms with Crippen LogP contribution in [0.15, 0.2) is 12.1 Å². The topological polar surface area (TPSA) is 59.7 Å². The van der Waals surface area contributed by atoms with Gasteiger partial charge in [0.25, 0.3) is 0 Å². The van der Waals surface area contributed by atoms with Crippen LogP contribution in [0.1, 0.15) is 56.6 Å². The first kappa shape index (κ1) is 19.4. The molecule has 2 aromatic rings. The van der Waals surface area contributed by atoms with Crippen molar-refractivity contribution in [1.82, 2.24) is 19.5 Å². The van der Waals surface area contributed by atoms with Gasteiger partial charge < -0.3 is 9.64 Å². The third kappa shape index (κ3) is 4.33. The number of aromatic nitrogens is 3. The number of rotatable bonds is 1. The number of likely N-dealkylation sites (tertiary alicyclic amines) is 1. The molecule has 0 atom stereocenters. The number of aryl methyl sites for hydroxylation is 1. The van der Waals surface area contributed by atoms with E-state index in [0.29, 0.717) is 37.3 Å². The van der Waals surface area contributed by atoms with Crippen molar-refractivity contribution in [1.29, 1.82) is 0 Å². The molecule has 0 unspecified atom stereocenters. The largest absolute Gasteiger partial charge is 0.444 e. The summed E-state index contributed by atoms with van der Waals surface area (Å²) in [4.78, 5) is 17.9. The zero-order valence-corrected chi connectivity index (χ0v) is 15.8. The van der Waals surface area contributed by atoms with E-state index in [2.05, 4.69) is 10.1 Å². The van der Waals surface area contributed by atoms with Crippen LogP contribution in [0.4, 0.5) is 18.0 Å². The van der Waals surface area contributed by atoms with E-state index in [1.165, 1.54) is 6.92 Å². The van der Waals surface area contributed by atoms with Crippen molar-refractivity contribution in [2.45, 2.75) is 58.2 Å². The Morgan fingerprint density at radius 2 is 1.81 bits per heavy atom. The molecule has 3 rings (SSSR count). The van der Waals surface area contributed by atoms with Gasteiger partial charge in [0.2, 0.25) is 0 Å². The van der Waals surface area contributed by atoms with Gasteiger partial charge in [0, 0.05) is 30.8 Å². The second-order valence-corrected chi connectivity index (χ2v) is 7.86. The van der Waals surface area contributed by atoms with Crippen LogP contribution in [0.25, 0.3) is 5.65 Å². The van der Waals surface area contributed by atoms with Crippen LogP contribution in [-0.2, 0) is 10.9 Å². The molecule has 0 N–H and O–H groups in total. The Bertz CT molecular complexity index is 847. The number of alkyl halides is 3. The Morgan fingerprint density at radius 3 is 2.37 bits per heavy atom. The highest BCUT2D eigenvalue weighted by molar-refractivity contribution is 5.68. The minimum atomic E-state index is -4.50. The van der Waals surface area contributed by atoms with Crippen molar-refractivity contribution < 1.29 is 22.7 Å². The van der Waals surface area contributed by atoms with E-state index < -0.39 is 17.5 Å². The number of hydrogen-bond acceptors (Lipinski definition) is 4. The predicted molar refractivity (Wildman–Crippen MR) is 92.5 cm³/mol. The SMILES string of the molecule is Cc1cc(C(F)(F)F)n2nc(C3CCN(C(=O)OC(C)(C)C)CC3)cc2n1. The Morgan fingerprint density at radius 1 is 1.19 bits per heavy atom. The lowest BCUT2D eigenvalue weighted by molar-refractivity contribution is -0.142. The van der Waals surface area contributed by atoms with Gasteiger partial charge in [0.1, 0.15) is 11.3 Å². The van der Waals surface area contributed by atoms with Gasteiger partial charge in [-0.05, 0) is 46.6 Å². The number of piperidine rings is 1. The number of amides is 1. The average Bonchev–Trinajstić information content (AvgIpc) is 2.95. The van der Waals surface area contributed by atoms with E-state index in [1.807, 2.05) is 20.8 Å². The second-order valence-electron chi connectivity index (χ2n) is 7.86. The minimum absolute atomic E-state index is 0.0215. The van der Waals surface area contributed by atoms with Gasteiger partial charge in [0.15, 0.2) is 5.65 Å². The van der Waals surface area contributed by atoms with Crippen molar-refractivity contribution in [3.8, 4) is 0 Å². The van der Waals surface area contributed by atoms with Crippen LogP contribution in [0.3, 0.4) is 0 Å². The van der Waals surface area contributed by atoms with Crippen molar-refractivity contribution in [2.75, 3.05) is 13.1 Å². The molecule has 0 bridgehead atoms. The van der Waals surface area contributed by atoms with Gasteiger partial charge in [-0.1, -0.05) is 0 Å². The maximum absolute atomic E-state index is 13.3. The van der Waals surface area contributed by atoms with Crippen molar-refractivity contribution in [3.05, 3.63) is 29.2 Å². The van der Waals surface area contributed by atoms with Crippen molar-refractivity contribution >= 4 is 11.7 Å². The van der Waals surface area contributed by atoms with Crippen LogP contribution in [-0.4, -0.2) is 44.3 Å². The fourth-order valence-corrected chi connectivity index (χ4v) is 3.20. The molecular formula is C18H23F3N4O2. The molecule has 0 radical (unpaired) electrons. The van der Waals surface area contributed by atoms with E-state index in [9.17, 15) is 18.0 Å². The molecule has 1 aliphatic rings. The molecule has 0 saturated carbocycles. The van der Waals surface area contributed by atoms with E-state index in [4.69, 9.17) is 4.74 Å². The Balaban J connectivity index is 1.77. The normalized spacial score (nSPS) is 16.8. The fourth-order valence-electron chi connectivity index (χ4n) is 3.20. The molecule has 6 nitrogen and oxygen atoms in total. The summed E-state index contributed by atoms with van der Waals surface area (Å²) >= 11 is 0. The van der Waals surface area contributed by atoms with Gasteiger partial charge in [-0.3, -0.25) is 0 Å². The van der Waals surface area contributed by atoms with Crippen molar-refractivity contribution in [3.63, 3.8) is 0 Å². The molecule has 1 saturated heterocycles. The van der Waals surface area contributed by atoms with Crippen LogP contribution >= 0.6 is 0 Å². The summed E-state index contributed by atoms with van der Waals surface area (Å²) in [5.74, 6) is -0.0215. The first-order chi connectivity index (χ1) is 12.4. The summed E-state index contributed by atoms with van der Waals surface area (Å²) in [7, 11) is 0. The number of carbonyl (C=O) groups excluding carboxylic acids is 1. The highest BCUT2D eigenvalue weighted by Crippen LogP contribution is 2.32. The highest BCUT2D eigenvalue weighted by atomic mass is 19.4. The van der Waals surface area contributed by atoms with Gasteiger partial charge in [-0.15, -0.1) is 0 Å². The molecule has 27 heavy (non-hydrogen) atoms. The summed E-state index contributed by atoms with van der Waals surface area (Å²) < 4.78 is 46.1. The van der Waals surface area contributed by atoms with Gasteiger partial charge in [-0.2, -0.15) is 18.3 Å². The summed E-state index contributed by atoms with van der Waals surface area (Å²) in [5.41, 5.74) is -0.342. The van der Waals surface area contributed by atoms with Crippen molar-refractivity contribution in [2.24, 2.45) is 0 Å². The number of ether oxygens (including phenoxy) is 1. The maximum atomic E-state index is 13.3. The third-order valence-electron chi connectivity index (χ3n) is 4.43. The van der Waals surface area contributed by atoms with E-state index in [-0.39, 0.29) is 17.7 Å². The van der Waals surface area contributed by atoms with E-state index in [0.717, 1.165) is 10.6 Å². The number of halogens is 3. The summed E-state index contributed by atoms with van der Waals surface area (Å²) in [6.45, 7) is 7.91. The van der Waals surface area contributed by atoms with Crippen LogP contribution in [0.5, 0.6) is 0 Å². The molecule has 9 heteroatoms. The molecular weight excluding hydrogens is 361 g/mol. The van der Waals surface area contributed by atoms with Gasteiger partial charge in [-0.25, -0.2) is 14.3 Å². The first-order valence-corrected chi connectivity index (χ1v) is 8.86. The van der Waals surface area contributed by atoms with Gasteiger partial charge in [0.05, 0.1) is 5.69 Å². The lowest BCUT2D eigenvalue weighted by Gasteiger charge is -2.32. The predicted octanol–water partition coefficient (Wildman–Crippen LogP) is 4.17. The molecule has 2 aromatic heterocycles. The van der Waals surface area contributed by atoms with E-state index in [1.54, 1.807) is 11.0 Å². The Labute approximate surface area is 155 Å². The number of carbonyl (C=O) groups is 1. The lowest BCUT2D eigenvalue weighted by atomic mass is 9.94. The second kappa shape index (κ2) is 6.69. The van der Waals surface area contributed by atoms with E-state index >= 15 is 0 Å².